The molecule has 1 aromatic rings. The molecule has 0 radical (unpaired) electrons. The van der Waals surface area contributed by atoms with Gasteiger partial charge in [0.25, 0.3) is 5.91 Å². The van der Waals surface area contributed by atoms with Crippen LogP contribution in [0.5, 0.6) is 0 Å². The Morgan fingerprint density at radius 2 is 1.94 bits per heavy atom. The lowest BCUT2D eigenvalue weighted by atomic mass is 10.2. The van der Waals surface area contributed by atoms with Gasteiger partial charge in [0.05, 0.1) is 36.7 Å². The number of hydrogen-bond acceptors (Lipinski definition) is 4. The van der Waals surface area contributed by atoms with E-state index >= 15 is 0 Å². The lowest BCUT2D eigenvalue weighted by Crippen LogP contribution is -2.33. The molecule has 6 heteroatoms. The van der Waals surface area contributed by atoms with E-state index in [2.05, 4.69) is 4.98 Å². The van der Waals surface area contributed by atoms with Crippen LogP contribution in [0.15, 0.2) is 18.5 Å². The molecular formula is C12H11FN4O. The molecular weight excluding hydrogens is 235 g/mol. The van der Waals surface area contributed by atoms with E-state index < -0.39 is 11.7 Å². The molecule has 1 aromatic heterocycles. The first kappa shape index (κ1) is 13.6. The third-order valence-corrected chi connectivity index (χ3v) is 2.28. The summed E-state index contributed by atoms with van der Waals surface area (Å²) in [5, 5.41) is 17.0. The molecule has 18 heavy (non-hydrogen) atoms. The fraction of sp³-hybridized carbons (Fsp3) is 0.333. The highest BCUT2D eigenvalue weighted by Crippen LogP contribution is 2.09. The largest absolute Gasteiger partial charge is 0.336 e. The average Bonchev–Trinajstić information content (AvgIpc) is 2.39. The van der Waals surface area contributed by atoms with Crippen LogP contribution in [0.3, 0.4) is 0 Å². The summed E-state index contributed by atoms with van der Waals surface area (Å²) in [6.45, 7) is 0.359. The van der Waals surface area contributed by atoms with E-state index in [9.17, 15) is 9.18 Å². The van der Waals surface area contributed by atoms with Crippen LogP contribution in [0.25, 0.3) is 0 Å². The van der Waals surface area contributed by atoms with E-state index in [1.165, 1.54) is 17.2 Å². The van der Waals surface area contributed by atoms with Crippen molar-refractivity contribution in [1.82, 2.24) is 9.88 Å². The Morgan fingerprint density at radius 3 is 2.44 bits per heavy atom. The van der Waals surface area contributed by atoms with Gasteiger partial charge in [-0.3, -0.25) is 9.78 Å². The van der Waals surface area contributed by atoms with E-state index in [1.807, 2.05) is 12.1 Å². The summed E-state index contributed by atoms with van der Waals surface area (Å²) in [5.41, 5.74) is -0.0964. The van der Waals surface area contributed by atoms with Gasteiger partial charge in [-0.2, -0.15) is 10.5 Å². The van der Waals surface area contributed by atoms with Crippen LogP contribution in [0.4, 0.5) is 4.39 Å². The number of nitriles is 2. The topological polar surface area (TPSA) is 80.8 Å². The Hall–Kier alpha value is -2.47. The predicted octanol–water partition coefficient (Wildman–Crippen LogP) is 1.49. The molecule has 0 atom stereocenters. The molecule has 1 rings (SSSR count). The molecule has 0 saturated carbocycles. The van der Waals surface area contributed by atoms with Crippen LogP contribution in [0, 0.1) is 28.5 Å². The van der Waals surface area contributed by atoms with Gasteiger partial charge in [0.2, 0.25) is 0 Å². The van der Waals surface area contributed by atoms with E-state index in [0.717, 1.165) is 6.20 Å². The number of carbonyl (C=O) groups excluding carboxylic acids is 1. The van der Waals surface area contributed by atoms with Crippen molar-refractivity contribution in [2.24, 2.45) is 0 Å². The number of halogens is 1. The van der Waals surface area contributed by atoms with Gasteiger partial charge in [0, 0.05) is 19.3 Å². The summed E-state index contributed by atoms with van der Waals surface area (Å²) in [7, 11) is 0. The Balaban J connectivity index is 2.85. The van der Waals surface area contributed by atoms with E-state index in [4.69, 9.17) is 10.5 Å². The third-order valence-electron chi connectivity index (χ3n) is 2.28. The quantitative estimate of drug-likeness (QED) is 0.788. The van der Waals surface area contributed by atoms with Crippen molar-refractivity contribution in [2.75, 3.05) is 13.1 Å². The molecule has 0 aliphatic rings. The minimum Gasteiger partial charge on any atom is -0.336 e. The van der Waals surface area contributed by atoms with Gasteiger partial charge in [0.1, 0.15) is 0 Å². The van der Waals surface area contributed by atoms with Gasteiger partial charge in [-0.1, -0.05) is 0 Å². The van der Waals surface area contributed by atoms with Crippen molar-refractivity contribution in [3.8, 4) is 12.1 Å². The summed E-state index contributed by atoms with van der Waals surface area (Å²) in [6.07, 6.45) is 2.57. The monoisotopic (exact) mass is 246 g/mol. The lowest BCUT2D eigenvalue weighted by Gasteiger charge is -2.20. The molecule has 0 spiro atoms. The Kier molecular flexibility index (Phi) is 5.27. The van der Waals surface area contributed by atoms with Gasteiger partial charge in [-0.25, -0.2) is 4.39 Å². The fourth-order valence-corrected chi connectivity index (χ4v) is 1.40. The van der Waals surface area contributed by atoms with Gasteiger partial charge in [-0.05, 0) is 6.07 Å². The molecule has 0 fully saturated rings. The summed E-state index contributed by atoms with van der Waals surface area (Å²) in [4.78, 5) is 16.9. The van der Waals surface area contributed by atoms with E-state index in [1.54, 1.807) is 0 Å². The molecule has 0 aromatic carbocycles. The normalized spacial score (nSPS) is 9.28. The molecule has 0 aliphatic heterocycles. The molecule has 1 heterocycles. The molecule has 0 N–H and O–H groups in total. The number of hydrogen-bond donors (Lipinski definition) is 0. The highest BCUT2D eigenvalue weighted by atomic mass is 19.1. The lowest BCUT2D eigenvalue weighted by molar-refractivity contribution is 0.0757. The van der Waals surface area contributed by atoms with Gasteiger partial charge in [-0.15, -0.1) is 0 Å². The van der Waals surface area contributed by atoms with E-state index in [-0.39, 0.29) is 31.5 Å². The van der Waals surface area contributed by atoms with Crippen molar-refractivity contribution in [2.45, 2.75) is 12.8 Å². The summed E-state index contributed by atoms with van der Waals surface area (Å²) >= 11 is 0. The summed E-state index contributed by atoms with van der Waals surface area (Å²) < 4.78 is 13.4. The van der Waals surface area contributed by atoms with Crippen molar-refractivity contribution < 1.29 is 9.18 Å². The van der Waals surface area contributed by atoms with Crippen LogP contribution >= 0.6 is 0 Å². The molecule has 0 aliphatic carbocycles. The summed E-state index contributed by atoms with van der Waals surface area (Å²) in [6, 6.07) is 5.11. The number of rotatable bonds is 5. The Bertz CT molecular complexity index is 486. The molecule has 0 bridgehead atoms. The molecule has 0 saturated heterocycles. The minimum absolute atomic E-state index is 0.0964. The number of amides is 1. The summed E-state index contributed by atoms with van der Waals surface area (Å²) in [5.74, 6) is -1.23. The fourth-order valence-electron chi connectivity index (χ4n) is 1.40. The standard InChI is InChI=1S/C12H11FN4O/c13-11-9-16-6-3-10(11)12(18)17(7-1-4-14)8-2-5-15/h3,6,9H,1-2,7-8H2. The van der Waals surface area contributed by atoms with Crippen LogP contribution in [0.1, 0.15) is 23.2 Å². The van der Waals surface area contributed by atoms with Gasteiger partial charge in [0.15, 0.2) is 5.82 Å². The van der Waals surface area contributed by atoms with Crippen molar-refractivity contribution in [3.63, 3.8) is 0 Å². The minimum atomic E-state index is -0.707. The molecule has 0 unspecified atom stereocenters. The zero-order valence-corrected chi connectivity index (χ0v) is 9.64. The maximum Gasteiger partial charge on any atom is 0.257 e. The zero-order chi connectivity index (χ0) is 13.4. The Labute approximate surface area is 104 Å². The maximum absolute atomic E-state index is 13.4. The number of aromatic nitrogens is 1. The van der Waals surface area contributed by atoms with Crippen molar-refractivity contribution >= 4 is 5.91 Å². The highest BCUT2D eigenvalue weighted by Gasteiger charge is 2.18. The van der Waals surface area contributed by atoms with Crippen molar-refractivity contribution in [3.05, 3.63) is 29.8 Å². The van der Waals surface area contributed by atoms with Crippen LogP contribution in [-0.2, 0) is 0 Å². The number of carbonyl (C=O) groups is 1. The maximum atomic E-state index is 13.4. The van der Waals surface area contributed by atoms with Crippen LogP contribution in [-0.4, -0.2) is 28.9 Å². The molecule has 92 valence electrons. The SMILES string of the molecule is N#CCCN(CCC#N)C(=O)c1ccncc1F. The third kappa shape index (κ3) is 3.53. The highest BCUT2D eigenvalue weighted by molar-refractivity contribution is 5.94. The van der Waals surface area contributed by atoms with Crippen molar-refractivity contribution in [1.29, 1.82) is 10.5 Å². The first-order chi connectivity index (χ1) is 8.70. The zero-order valence-electron chi connectivity index (χ0n) is 9.64. The first-order valence-electron chi connectivity index (χ1n) is 5.33. The van der Waals surface area contributed by atoms with Gasteiger partial charge >= 0.3 is 0 Å². The van der Waals surface area contributed by atoms with Crippen LogP contribution < -0.4 is 0 Å². The van der Waals surface area contributed by atoms with E-state index in [0.29, 0.717) is 0 Å². The molecule has 5 nitrogen and oxygen atoms in total. The number of nitrogens with zero attached hydrogens (tertiary/aromatic N) is 4. The average molecular weight is 246 g/mol. The second-order valence-electron chi connectivity index (χ2n) is 3.46. The first-order valence-corrected chi connectivity index (χ1v) is 5.33. The van der Waals surface area contributed by atoms with Crippen LogP contribution in [0.2, 0.25) is 0 Å². The second kappa shape index (κ2) is 6.97. The van der Waals surface area contributed by atoms with Gasteiger partial charge < -0.3 is 4.90 Å². The second-order valence-corrected chi connectivity index (χ2v) is 3.46. The number of pyridine rings is 1. The predicted molar refractivity (Wildman–Crippen MR) is 60.6 cm³/mol. The molecule has 1 amide bonds. The Morgan fingerprint density at radius 1 is 1.33 bits per heavy atom. The smallest absolute Gasteiger partial charge is 0.257 e.